The normalized spacial score (nSPS) is 17.7. The Morgan fingerprint density at radius 3 is 2.81 bits per heavy atom. The van der Waals surface area contributed by atoms with Crippen molar-refractivity contribution in [2.75, 3.05) is 25.4 Å². The molecule has 21 heavy (non-hydrogen) atoms. The van der Waals surface area contributed by atoms with Gasteiger partial charge in [-0.2, -0.15) is 0 Å². The molecule has 0 aromatic heterocycles. The minimum Gasteiger partial charge on any atom is -0.494 e. The first-order valence-corrected chi connectivity index (χ1v) is 8.12. The van der Waals surface area contributed by atoms with Gasteiger partial charge in [0.1, 0.15) is 5.75 Å². The lowest BCUT2D eigenvalue weighted by molar-refractivity contribution is -0.119. The second-order valence-corrected chi connectivity index (χ2v) is 5.85. The number of nitrogens with one attached hydrogen (secondary N) is 2. The van der Waals surface area contributed by atoms with Crippen LogP contribution < -0.4 is 15.4 Å². The second kappa shape index (κ2) is 9.92. The molecule has 1 aliphatic rings. The van der Waals surface area contributed by atoms with Gasteiger partial charge in [-0.15, -0.1) is 24.2 Å². The van der Waals surface area contributed by atoms with E-state index in [4.69, 9.17) is 4.74 Å². The first-order valence-electron chi connectivity index (χ1n) is 7.13. The van der Waals surface area contributed by atoms with E-state index in [1.165, 1.54) is 0 Å². The number of piperidine rings is 1. The van der Waals surface area contributed by atoms with Crippen molar-refractivity contribution >= 4 is 30.1 Å². The molecule has 1 aromatic rings. The van der Waals surface area contributed by atoms with Gasteiger partial charge in [0.25, 0.3) is 0 Å². The molecule has 1 atom stereocenters. The minimum atomic E-state index is 0. The number of carbonyl (C=O) groups is 1. The average Bonchev–Trinajstić information content (AvgIpc) is 2.48. The van der Waals surface area contributed by atoms with Crippen molar-refractivity contribution in [2.45, 2.75) is 30.7 Å². The summed E-state index contributed by atoms with van der Waals surface area (Å²) >= 11 is 1.56. The average molecular weight is 331 g/mol. The second-order valence-electron chi connectivity index (χ2n) is 4.80. The van der Waals surface area contributed by atoms with Crippen LogP contribution in [0.25, 0.3) is 0 Å². The van der Waals surface area contributed by atoms with Gasteiger partial charge in [-0.25, -0.2) is 0 Å². The van der Waals surface area contributed by atoms with E-state index in [0.717, 1.165) is 36.6 Å². The molecule has 4 nitrogen and oxygen atoms in total. The SMILES string of the molecule is CCOc1ccc(SCC(=O)N[C@H]2CCCNC2)cc1.Cl. The van der Waals surface area contributed by atoms with E-state index >= 15 is 0 Å². The van der Waals surface area contributed by atoms with E-state index < -0.39 is 0 Å². The van der Waals surface area contributed by atoms with Gasteiger partial charge in [-0.05, 0) is 50.6 Å². The van der Waals surface area contributed by atoms with Crippen LogP contribution >= 0.6 is 24.2 Å². The topological polar surface area (TPSA) is 50.4 Å². The third-order valence-corrected chi connectivity index (χ3v) is 4.18. The highest BCUT2D eigenvalue weighted by Gasteiger charge is 2.15. The Morgan fingerprint density at radius 1 is 1.43 bits per heavy atom. The standard InChI is InChI=1S/C15H22N2O2S.ClH/c1-2-19-13-5-7-14(8-6-13)20-11-15(18)17-12-4-3-9-16-10-12;/h5-8,12,16H,2-4,9-11H2,1H3,(H,17,18);1H/t12-;/m0./s1. The summed E-state index contributed by atoms with van der Waals surface area (Å²) in [6.07, 6.45) is 2.21. The summed E-state index contributed by atoms with van der Waals surface area (Å²) in [4.78, 5) is 13.0. The Hall–Kier alpha value is -0.910. The molecule has 2 rings (SSSR count). The van der Waals surface area contributed by atoms with E-state index in [1.807, 2.05) is 31.2 Å². The molecule has 1 amide bonds. The molecule has 2 N–H and O–H groups in total. The Kier molecular flexibility index (Phi) is 8.57. The monoisotopic (exact) mass is 330 g/mol. The largest absolute Gasteiger partial charge is 0.494 e. The van der Waals surface area contributed by atoms with Crippen molar-refractivity contribution in [1.82, 2.24) is 10.6 Å². The fourth-order valence-electron chi connectivity index (χ4n) is 2.19. The maximum Gasteiger partial charge on any atom is 0.230 e. The summed E-state index contributed by atoms with van der Waals surface area (Å²) in [5, 5.41) is 6.37. The third-order valence-electron chi connectivity index (χ3n) is 3.17. The number of benzene rings is 1. The van der Waals surface area contributed by atoms with E-state index in [9.17, 15) is 4.79 Å². The lowest BCUT2D eigenvalue weighted by Gasteiger charge is -2.23. The zero-order valence-corrected chi connectivity index (χ0v) is 13.9. The third kappa shape index (κ3) is 6.59. The molecule has 1 fully saturated rings. The minimum absolute atomic E-state index is 0. The molecule has 0 bridgehead atoms. The first-order chi connectivity index (χ1) is 9.78. The number of thioether (sulfide) groups is 1. The molecular weight excluding hydrogens is 308 g/mol. The van der Waals surface area contributed by atoms with Crippen molar-refractivity contribution in [2.24, 2.45) is 0 Å². The molecular formula is C15H23ClN2O2S. The van der Waals surface area contributed by atoms with Crippen LogP contribution in [-0.2, 0) is 4.79 Å². The van der Waals surface area contributed by atoms with E-state index in [0.29, 0.717) is 12.4 Å². The zero-order valence-electron chi connectivity index (χ0n) is 12.3. The van der Waals surface area contributed by atoms with Gasteiger partial charge in [0, 0.05) is 17.5 Å². The molecule has 0 saturated carbocycles. The lowest BCUT2D eigenvalue weighted by Crippen LogP contribution is -2.46. The lowest BCUT2D eigenvalue weighted by atomic mass is 10.1. The zero-order chi connectivity index (χ0) is 14.2. The summed E-state index contributed by atoms with van der Waals surface area (Å²) in [6, 6.07) is 8.15. The molecule has 1 saturated heterocycles. The molecule has 1 heterocycles. The Morgan fingerprint density at radius 2 is 2.19 bits per heavy atom. The van der Waals surface area contributed by atoms with Crippen LogP contribution in [0.2, 0.25) is 0 Å². The fourth-order valence-corrected chi connectivity index (χ4v) is 2.90. The molecule has 1 aliphatic heterocycles. The van der Waals surface area contributed by atoms with Crippen LogP contribution in [0.4, 0.5) is 0 Å². The summed E-state index contributed by atoms with van der Waals surface area (Å²) < 4.78 is 5.39. The molecule has 0 spiro atoms. The molecule has 6 heteroatoms. The van der Waals surface area contributed by atoms with Gasteiger partial charge in [0.2, 0.25) is 5.91 Å². The first kappa shape index (κ1) is 18.1. The molecule has 118 valence electrons. The van der Waals surface area contributed by atoms with E-state index in [2.05, 4.69) is 10.6 Å². The molecule has 1 aromatic carbocycles. The van der Waals surface area contributed by atoms with Crippen molar-refractivity contribution in [3.05, 3.63) is 24.3 Å². The van der Waals surface area contributed by atoms with Gasteiger partial charge in [-0.1, -0.05) is 0 Å². The fraction of sp³-hybridized carbons (Fsp3) is 0.533. The predicted octanol–water partition coefficient (Wildman–Crippen LogP) is 2.47. The van der Waals surface area contributed by atoms with Crippen molar-refractivity contribution in [3.8, 4) is 5.75 Å². The number of rotatable bonds is 6. The van der Waals surface area contributed by atoms with Crippen molar-refractivity contribution in [3.63, 3.8) is 0 Å². The van der Waals surface area contributed by atoms with Crippen LogP contribution in [-0.4, -0.2) is 37.4 Å². The number of halogens is 1. The van der Waals surface area contributed by atoms with Gasteiger partial charge >= 0.3 is 0 Å². The highest BCUT2D eigenvalue weighted by molar-refractivity contribution is 8.00. The van der Waals surface area contributed by atoms with Crippen LogP contribution in [0.5, 0.6) is 5.75 Å². The van der Waals surface area contributed by atoms with Gasteiger partial charge in [0.05, 0.1) is 12.4 Å². The molecule has 0 radical (unpaired) electrons. The highest BCUT2D eigenvalue weighted by Crippen LogP contribution is 2.21. The number of carbonyl (C=O) groups excluding carboxylic acids is 1. The highest BCUT2D eigenvalue weighted by atomic mass is 35.5. The Bertz CT molecular complexity index is 422. The summed E-state index contributed by atoms with van der Waals surface area (Å²) in [6.45, 7) is 4.59. The number of ether oxygens (including phenoxy) is 1. The van der Waals surface area contributed by atoms with Crippen molar-refractivity contribution in [1.29, 1.82) is 0 Å². The summed E-state index contributed by atoms with van der Waals surface area (Å²) in [5.41, 5.74) is 0. The number of hydrogen-bond acceptors (Lipinski definition) is 4. The van der Waals surface area contributed by atoms with Gasteiger partial charge in [-0.3, -0.25) is 4.79 Å². The van der Waals surface area contributed by atoms with E-state index in [1.54, 1.807) is 11.8 Å². The quantitative estimate of drug-likeness (QED) is 0.787. The van der Waals surface area contributed by atoms with Crippen molar-refractivity contribution < 1.29 is 9.53 Å². The number of hydrogen-bond donors (Lipinski definition) is 2. The number of amides is 1. The molecule has 0 unspecified atom stereocenters. The maximum atomic E-state index is 11.9. The van der Waals surface area contributed by atoms with Gasteiger partial charge in [0.15, 0.2) is 0 Å². The van der Waals surface area contributed by atoms with Crippen LogP contribution in [0.3, 0.4) is 0 Å². The summed E-state index contributed by atoms with van der Waals surface area (Å²) in [7, 11) is 0. The van der Waals surface area contributed by atoms with Crippen LogP contribution in [0.1, 0.15) is 19.8 Å². The summed E-state index contributed by atoms with van der Waals surface area (Å²) in [5.74, 6) is 1.44. The Balaban J connectivity index is 0.00000220. The van der Waals surface area contributed by atoms with Gasteiger partial charge < -0.3 is 15.4 Å². The Labute approximate surface area is 136 Å². The molecule has 0 aliphatic carbocycles. The van der Waals surface area contributed by atoms with Crippen LogP contribution in [0.15, 0.2) is 29.2 Å². The maximum absolute atomic E-state index is 11.9. The smallest absolute Gasteiger partial charge is 0.230 e. The van der Waals surface area contributed by atoms with Crippen LogP contribution in [0, 0.1) is 0 Å². The predicted molar refractivity (Wildman–Crippen MR) is 89.6 cm³/mol. The van der Waals surface area contributed by atoms with E-state index in [-0.39, 0.29) is 24.4 Å².